The fraction of sp³-hybridized carbons (Fsp3) is 0.375. The number of carbonyl (C=O) groups excluding carboxylic acids is 1. The largest absolute Gasteiger partial charge is 0.352 e. The summed E-state index contributed by atoms with van der Waals surface area (Å²) in [4.78, 5) is 26.6. The molecule has 0 spiro atoms. The summed E-state index contributed by atoms with van der Waals surface area (Å²) in [7, 11) is 0. The van der Waals surface area contributed by atoms with Crippen molar-refractivity contribution in [1.29, 1.82) is 0 Å². The molecule has 0 aliphatic heterocycles. The molecule has 1 amide bonds. The molecule has 104 valence electrons. The standard InChI is InChI=1S/C16H18N2O2/c1-9-5-10(2)13-7-12(16(20)18-14(13)6-9)8-17-15(19)11-3-4-11/h5-7,11H,3-4,8H2,1-2H3,(H,17,19)(H,18,20). The summed E-state index contributed by atoms with van der Waals surface area (Å²) < 4.78 is 0. The molecule has 1 aliphatic carbocycles. The number of benzene rings is 1. The van der Waals surface area contributed by atoms with Crippen LogP contribution in [-0.2, 0) is 11.3 Å². The Morgan fingerprint density at radius 2 is 2.05 bits per heavy atom. The van der Waals surface area contributed by atoms with E-state index in [9.17, 15) is 9.59 Å². The summed E-state index contributed by atoms with van der Waals surface area (Å²) in [5, 5.41) is 3.87. The minimum Gasteiger partial charge on any atom is -0.352 e. The lowest BCUT2D eigenvalue weighted by atomic mass is 10.0. The van der Waals surface area contributed by atoms with Gasteiger partial charge in [0, 0.05) is 28.9 Å². The van der Waals surface area contributed by atoms with Gasteiger partial charge in [0.2, 0.25) is 5.91 Å². The van der Waals surface area contributed by atoms with Crippen LogP contribution >= 0.6 is 0 Å². The molecule has 0 unspecified atom stereocenters. The van der Waals surface area contributed by atoms with Crippen LogP contribution in [0.25, 0.3) is 10.9 Å². The molecule has 20 heavy (non-hydrogen) atoms. The average Bonchev–Trinajstić information content (AvgIpc) is 3.20. The number of hydrogen-bond acceptors (Lipinski definition) is 2. The van der Waals surface area contributed by atoms with Gasteiger partial charge in [-0.3, -0.25) is 9.59 Å². The number of fused-ring (bicyclic) bond motifs is 1. The van der Waals surface area contributed by atoms with Gasteiger partial charge in [-0.15, -0.1) is 0 Å². The number of aromatic nitrogens is 1. The van der Waals surface area contributed by atoms with Gasteiger partial charge in [-0.2, -0.15) is 0 Å². The Morgan fingerprint density at radius 3 is 2.75 bits per heavy atom. The number of aryl methyl sites for hydroxylation is 2. The quantitative estimate of drug-likeness (QED) is 0.898. The zero-order valence-electron chi connectivity index (χ0n) is 11.7. The topological polar surface area (TPSA) is 62.0 Å². The normalized spacial score (nSPS) is 14.5. The van der Waals surface area contributed by atoms with Gasteiger partial charge in [0.25, 0.3) is 5.56 Å². The summed E-state index contributed by atoms with van der Waals surface area (Å²) in [6.45, 7) is 4.34. The highest BCUT2D eigenvalue weighted by Crippen LogP contribution is 2.28. The molecule has 2 aromatic rings. The van der Waals surface area contributed by atoms with Crippen LogP contribution in [0.1, 0.15) is 29.5 Å². The van der Waals surface area contributed by atoms with Crippen LogP contribution in [-0.4, -0.2) is 10.9 Å². The van der Waals surface area contributed by atoms with Crippen molar-refractivity contribution in [2.75, 3.05) is 0 Å². The van der Waals surface area contributed by atoms with Gasteiger partial charge in [0.05, 0.1) is 0 Å². The number of rotatable bonds is 3. The Hall–Kier alpha value is -2.10. The third kappa shape index (κ3) is 2.46. The second-order valence-corrected chi connectivity index (χ2v) is 5.66. The molecule has 4 nitrogen and oxygen atoms in total. The number of H-pyrrole nitrogens is 1. The Kier molecular flexibility index (Phi) is 3.08. The number of pyridine rings is 1. The summed E-state index contributed by atoms with van der Waals surface area (Å²) in [5.74, 6) is 0.226. The summed E-state index contributed by atoms with van der Waals surface area (Å²) in [6.07, 6.45) is 1.94. The van der Waals surface area contributed by atoms with Gasteiger partial charge in [0.15, 0.2) is 0 Å². The third-order valence-electron chi connectivity index (χ3n) is 3.79. The van der Waals surface area contributed by atoms with Crippen LogP contribution < -0.4 is 10.9 Å². The lowest BCUT2D eigenvalue weighted by molar-refractivity contribution is -0.122. The molecule has 4 heteroatoms. The highest BCUT2D eigenvalue weighted by Gasteiger charge is 2.29. The maximum Gasteiger partial charge on any atom is 0.253 e. The molecular weight excluding hydrogens is 252 g/mol. The van der Waals surface area contributed by atoms with Crippen molar-refractivity contribution in [3.63, 3.8) is 0 Å². The van der Waals surface area contributed by atoms with E-state index >= 15 is 0 Å². The molecule has 1 fully saturated rings. The number of aromatic amines is 1. The van der Waals surface area contributed by atoms with E-state index in [1.54, 1.807) is 0 Å². The van der Waals surface area contributed by atoms with Gasteiger partial charge in [0.1, 0.15) is 0 Å². The maximum atomic E-state index is 12.0. The molecule has 1 saturated carbocycles. The Morgan fingerprint density at radius 1 is 1.30 bits per heavy atom. The zero-order valence-corrected chi connectivity index (χ0v) is 11.7. The summed E-state index contributed by atoms with van der Waals surface area (Å²) >= 11 is 0. The van der Waals surface area contributed by atoms with Crippen LogP contribution in [0, 0.1) is 19.8 Å². The van der Waals surface area contributed by atoms with Crippen LogP contribution in [0.2, 0.25) is 0 Å². The highest BCUT2D eigenvalue weighted by atomic mass is 16.2. The van der Waals surface area contributed by atoms with Gasteiger partial charge in [-0.05, 0) is 49.9 Å². The van der Waals surface area contributed by atoms with E-state index in [-0.39, 0.29) is 17.4 Å². The van der Waals surface area contributed by atoms with Gasteiger partial charge < -0.3 is 10.3 Å². The second kappa shape index (κ2) is 4.78. The van der Waals surface area contributed by atoms with Crippen LogP contribution in [0.15, 0.2) is 23.0 Å². The molecule has 0 atom stereocenters. The first kappa shape index (κ1) is 12.9. The van der Waals surface area contributed by atoms with Crippen molar-refractivity contribution >= 4 is 16.8 Å². The lowest BCUT2D eigenvalue weighted by Crippen LogP contribution is -2.27. The van der Waals surface area contributed by atoms with Crippen LogP contribution in [0.5, 0.6) is 0 Å². The van der Waals surface area contributed by atoms with Crippen molar-refractivity contribution in [2.24, 2.45) is 5.92 Å². The first-order valence-electron chi connectivity index (χ1n) is 6.95. The predicted molar refractivity (Wildman–Crippen MR) is 78.6 cm³/mol. The van der Waals surface area contributed by atoms with E-state index in [2.05, 4.69) is 16.4 Å². The first-order chi connectivity index (χ1) is 9.54. The highest BCUT2D eigenvalue weighted by molar-refractivity contribution is 5.84. The van der Waals surface area contributed by atoms with E-state index in [0.29, 0.717) is 12.1 Å². The minimum atomic E-state index is -0.126. The fourth-order valence-electron chi connectivity index (χ4n) is 2.52. The second-order valence-electron chi connectivity index (χ2n) is 5.66. The molecule has 1 aliphatic rings. The number of carbonyl (C=O) groups is 1. The summed E-state index contributed by atoms with van der Waals surface area (Å²) in [6, 6.07) is 5.94. The third-order valence-corrected chi connectivity index (χ3v) is 3.79. The molecule has 0 bridgehead atoms. The first-order valence-corrected chi connectivity index (χ1v) is 6.95. The Balaban J connectivity index is 1.92. The molecule has 2 N–H and O–H groups in total. The molecule has 1 aromatic carbocycles. The SMILES string of the molecule is Cc1cc(C)c2cc(CNC(=O)C3CC3)c(=O)[nH]c2c1. The van der Waals surface area contributed by atoms with Gasteiger partial charge >= 0.3 is 0 Å². The molecule has 0 saturated heterocycles. The van der Waals surface area contributed by atoms with E-state index in [1.165, 1.54) is 0 Å². The van der Waals surface area contributed by atoms with Crippen LogP contribution in [0.4, 0.5) is 0 Å². The summed E-state index contributed by atoms with van der Waals surface area (Å²) in [5.41, 5.74) is 3.59. The molecule has 1 heterocycles. The maximum absolute atomic E-state index is 12.0. The molecular formula is C16H18N2O2. The van der Waals surface area contributed by atoms with Crippen molar-refractivity contribution in [1.82, 2.24) is 10.3 Å². The van der Waals surface area contributed by atoms with E-state index in [0.717, 1.165) is 34.9 Å². The number of nitrogens with one attached hydrogen (secondary N) is 2. The van der Waals surface area contributed by atoms with Crippen molar-refractivity contribution in [3.05, 3.63) is 45.2 Å². The number of amides is 1. The van der Waals surface area contributed by atoms with E-state index in [4.69, 9.17) is 0 Å². The average molecular weight is 270 g/mol. The molecule has 3 rings (SSSR count). The molecule has 0 radical (unpaired) electrons. The lowest BCUT2D eigenvalue weighted by Gasteiger charge is -2.08. The smallest absolute Gasteiger partial charge is 0.253 e. The number of hydrogen-bond donors (Lipinski definition) is 2. The van der Waals surface area contributed by atoms with E-state index in [1.807, 2.05) is 26.0 Å². The van der Waals surface area contributed by atoms with Crippen LogP contribution in [0.3, 0.4) is 0 Å². The van der Waals surface area contributed by atoms with Gasteiger partial charge in [-0.25, -0.2) is 0 Å². The zero-order chi connectivity index (χ0) is 14.3. The fourth-order valence-corrected chi connectivity index (χ4v) is 2.52. The van der Waals surface area contributed by atoms with Crippen molar-refractivity contribution in [2.45, 2.75) is 33.2 Å². The van der Waals surface area contributed by atoms with Gasteiger partial charge in [-0.1, -0.05) is 6.07 Å². The predicted octanol–water partition coefficient (Wildman–Crippen LogP) is 2.17. The Labute approximate surface area is 117 Å². The monoisotopic (exact) mass is 270 g/mol. The van der Waals surface area contributed by atoms with Crippen molar-refractivity contribution in [3.8, 4) is 0 Å². The Bertz CT molecular complexity index is 742. The minimum absolute atomic E-state index is 0.0603. The molecule has 1 aromatic heterocycles. The van der Waals surface area contributed by atoms with Crippen molar-refractivity contribution < 1.29 is 4.79 Å². The van der Waals surface area contributed by atoms with E-state index < -0.39 is 0 Å².